The third-order valence-electron chi connectivity index (χ3n) is 6.05. The van der Waals surface area contributed by atoms with Gasteiger partial charge in [-0.2, -0.15) is 0 Å². The second kappa shape index (κ2) is 9.45. The van der Waals surface area contributed by atoms with Crippen LogP contribution in [0, 0.1) is 17.6 Å². The summed E-state index contributed by atoms with van der Waals surface area (Å²) in [5.74, 6) is -1.41. The van der Waals surface area contributed by atoms with Gasteiger partial charge in [-0.05, 0) is 61.9 Å². The number of amides is 2. The number of ether oxygens (including phenoxy) is 1. The number of para-hydroxylation sites is 1. The van der Waals surface area contributed by atoms with Gasteiger partial charge < -0.3 is 14.5 Å². The smallest absolute Gasteiger partial charge is 0.257 e. The van der Waals surface area contributed by atoms with Crippen molar-refractivity contribution in [2.75, 3.05) is 32.8 Å². The van der Waals surface area contributed by atoms with Crippen molar-refractivity contribution in [2.45, 2.75) is 25.7 Å². The predicted molar refractivity (Wildman–Crippen MR) is 112 cm³/mol. The topological polar surface area (TPSA) is 49.9 Å². The van der Waals surface area contributed by atoms with Crippen LogP contribution < -0.4 is 4.74 Å². The highest BCUT2D eigenvalue weighted by molar-refractivity contribution is 5.97. The Bertz CT molecular complexity index is 952. The van der Waals surface area contributed by atoms with Crippen molar-refractivity contribution in [2.24, 2.45) is 5.92 Å². The third kappa shape index (κ3) is 4.86. The molecule has 2 heterocycles. The van der Waals surface area contributed by atoms with Crippen molar-refractivity contribution in [3.8, 4) is 5.75 Å². The predicted octanol–water partition coefficient (Wildman–Crippen LogP) is 4.13. The van der Waals surface area contributed by atoms with Gasteiger partial charge in [0.25, 0.3) is 11.8 Å². The lowest BCUT2D eigenvalue weighted by molar-refractivity contribution is 0.0656. The van der Waals surface area contributed by atoms with Crippen LogP contribution in [0.15, 0.2) is 42.5 Å². The summed E-state index contributed by atoms with van der Waals surface area (Å²) in [6.45, 7) is 3.10. The van der Waals surface area contributed by atoms with Crippen LogP contribution >= 0.6 is 0 Å². The number of hydrogen-bond acceptors (Lipinski definition) is 3. The Morgan fingerprint density at radius 1 is 0.871 bits per heavy atom. The van der Waals surface area contributed by atoms with Crippen molar-refractivity contribution in [1.82, 2.24) is 9.80 Å². The van der Waals surface area contributed by atoms with E-state index >= 15 is 0 Å². The molecule has 0 spiro atoms. The van der Waals surface area contributed by atoms with E-state index in [1.807, 2.05) is 23.1 Å². The summed E-state index contributed by atoms with van der Waals surface area (Å²) in [6, 6.07) is 10.6. The minimum atomic E-state index is -1.02. The maximum atomic E-state index is 13.4. The molecule has 0 radical (unpaired) electrons. The van der Waals surface area contributed by atoms with Gasteiger partial charge in [0.15, 0.2) is 11.6 Å². The van der Waals surface area contributed by atoms with Crippen LogP contribution in [0.1, 0.15) is 46.4 Å². The Hall–Kier alpha value is -2.96. The highest BCUT2D eigenvalue weighted by Crippen LogP contribution is 2.25. The molecule has 0 unspecified atom stereocenters. The summed E-state index contributed by atoms with van der Waals surface area (Å²) in [5, 5.41) is 0. The first-order chi connectivity index (χ1) is 15.0. The third-order valence-corrected chi connectivity index (χ3v) is 6.05. The number of piperidine rings is 1. The highest BCUT2D eigenvalue weighted by Gasteiger charge is 2.26. The zero-order valence-corrected chi connectivity index (χ0v) is 17.4. The van der Waals surface area contributed by atoms with Gasteiger partial charge in [0, 0.05) is 31.7 Å². The quantitative estimate of drug-likeness (QED) is 0.720. The normalized spacial score (nSPS) is 17.1. The van der Waals surface area contributed by atoms with E-state index < -0.39 is 11.6 Å². The van der Waals surface area contributed by atoms with E-state index in [1.165, 1.54) is 6.07 Å². The molecule has 7 heteroatoms. The number of hydrogen-bond donors (Lipinski definition) is 0. The molecule has 0 N–H and O–H groups in total. The molecule has 0 aliphatic carbocycles. The van der Waals surface area contributed by atoms with Gasteiger partial charge in [0.05, 0.1) is 12.2 Å². The van der Waals surface area contributed by atoms with Gasteiger partial charge in [0.2, 0.25) is 0 Å². The highest BCUT2D eigenvalue weighted by atomic mass is 19.2. The summed E-state index contributed by atoms with van der Waals surface area (Å²) < 4.78 is 32.6. The van der Waals surface area contributed by atoms with E-state index in [2.05, 4.69) is 0 Å². The molecule has 2 aromatic carbocycles. The molecule has 2 aromatic rings. The number of nitrogens with zero attached hydrogens (tertiary/aromatic N) is 2. The number of likely N-dealkylation sites (tertiary alicyclic amines) is 2. The number of carbonyl (C=O) groups excluding carboxylic acids is 2. The monoisotopic (exact) mass is 428 g/mol. The molecule has 164 valence electrons. The average Bonchev–Trinajstić information content (AvgIpc) is 3.34. The lowest BCUT2D eigenvalue weighted by Gasteiger charge is -2.32. The van der Waals surface area contributed by atoms with Crippen molar-refractivity contribution in [1.29, 1.82) is 0 Å². The fraction of sp³-hybridized carbons (Fsp3) is 0.417. The van der Waals surface area contributed by atoms with E-state index in [9.17, 15) is 18.4 Å². The molecule has 2 amide bonds. The van der Waals surface area contributed by atoms with E-state index in [-0.39, 0.29) is 23.3 Å². The van der Waals surface area contributed by atoms with Crippen LogP contribution in [0.4, 0.5) is 8.78 Å². The van der Waals surface area contributed by atoms with E-state index in [0.29, 0.717) is 31.0 Å². The summed E-state index contributed by atoms with van der Waals surface area (Å²) in [4.78, 5) is 28.9. The molecule has 2 fully saturated rings. The van der Waals surface area contributed by atoms with Crippen LogP contribution in [-0.4, -0.2) is 54.4 Å². The van der Waals surface area contributed by atoms with Gasteiger partial charge >= 0.3 is 0 Å². The Labute approximate surface area is 180 Å². The second-order valence-corrected chi connectivity index (χ2v) is 8.17. The lowest BCUT2D eigenvalue weighted by atomic mass is 9.97. The Morgan fingerprint density at radius 2 is 1.55 bits per heavy atom. The summed E-state index contributed by atoms with van der Waals surface area (Å²) >= 11 is 0. The number of rotatable bonds is 5. The van der Waals surface area contributed by atoms with Gasteiger partial charge in [-0.3, -0.25) is 9.59 Å². The second-order valence-electron chi connectivity index (χ2n) is 8.17. The van der Waals surface area contributed by atoms with E-state index in [4.69, 9.17) is 4.74 Å². The largest absolute Gasteiger partial charge is 0.492 e. The zero-order chi connectivity index (χ0) is 21.8. The summed E-state index contributed by atoms with van der Waals surface area (Å²) in [6.07, 6.45) is 3.57. The first kappa shape index (κ1) is 21.3. The maximum absolute atomic E-state index is 13.4. The minimum absolute atomic E-state index is 0.0139. The number of carbonyl (C=O) groups is 2. The van der Waals surface area contributed by atoms with Crippen LogP contribution in [0.25, 0.3) is 0 Å². The molecule has 31 heavy (non-hydrogen) atoms. The molecule has 0 aromatic heterocycles. The van der Waals surface area contributed by atoms with Crippen LogP contribution in [0.2, 0.25) is 0 Å². The Morgan fingerprint density at radius 3 is 2.26 bits per heavy atom. The SMILES string of the molecule is O=C(c1ccc(F)c(F)c1)N1CCC(COc2ccccc2C(=O)N2CCCC2)CC1. The lowest BCUT2D eigenvalue weighted by Crippen LogP contribution is -2.39. The molecule has 5 nitrogen and oxygen atoms in total. The number of halogens is 2. The fourth-order valence-corrected chi connectivity index (χ4v) is 4.18. The molecular formula is C24H26F2N2O3. The molecule has 0 atom stereocenters. The maximum Gasteiger partial charge on any atom is 0.257 e. The van der Waals surface area contributed by atoms with Crippen LogP contribution in [0.3, 0.4) is 0 Å². The van der Waals surface area contributed by atoms with Crippen molar-refractivity contribution in [3.05, 3.63) is 65.2 Å². The molecule has 2 aliphatic rings. The molecule has 4 rings (SSSR count). The first-order valence-corrected chi connectivity index (χ1v) is 10.8. The van der Waals surface area contributed by atoms with Crippen molar-refractivity contribution >= 4 is 11.8 Å². The Kier molecular flexibility index (Phi) is 6.49. The van der Waals surface area contributed by atoms with E-state index in [0.717, 1.165) is 50.9 Å². The Balaban J connectivity index is 1.31. The first-order valence-electron chi connectivity index (χ1n) is 10.8. The molecular weight excluding hydrogens is 402 g/mol. The summed E-state index contributed by atoms with van der Waals surface area (Å²) in [5.41, 5.74) is 0.748. The minimum Gasteiger partial charge on any atom is -0.492 e. The average molecular weight is 428 g/mol. The van der Waals surface area contributed by atoms with Crippen molar-refractivity contribution < 1.29 is 23.1 Å². The van der Waals surface area contributed by atoms with Crippen LogP contribution in [-0.2, 0) is 0 Å². The molecule has 2 aliphatic heterocycles. The molecule has 0 bridgehead atoms. The van der Waals surface area contributed by atoms with Gasteiger partial charge in [-0.15, -0.1) is 0 Å². The zero-order valence-electron chi connectivity index (χ0n) is 17.4. The van der Waals surface area contributed by atoms with Gasteiger partial charge in [-0.1, -0.05) is 12.1 Å². The number of benzene rings is 2. The van der Waals surface area contributed by atoms with Crippen molar-refractivity contribution in [3.63, 3.8) is 0 Å². The van der Waals surface area contributed by atoms with Gasteiger partial charge in [-0.25, -0.2) is 8.78 Å². The molecule has 0 saturated carbocycles. The van der Waals surface area contributed by atoms with Crippen LogP contribution in [0.5, 0.6) is 5.75 Å². The standard InChI is InChI=1S/C24H26F2N2O3/c25-20-8-7-18(15-21(20)26)23(29)28-13-9-17(10-14-28)16-31-22-6-2-1-5-19(22)24(30)27-11-3-4-12-27/h1-2,5-8,15,17H,3-4,9-14,16H2. The summed E-state index contributed by atoms with van der Waals surface area (Å²) in [7, 11) is 0. The molecule has 2 saturated heterocycles. The fourth-order valence-electron chi connectivity index (χ4n) is 4.18. The van der Waals surface area contributed by atoms with E-state index in [1.54, 1.807) is 11.0 Å². The van der Waals surface area contributed by atoms with Gasteiger partial charge in [0.1, 0.15) is 5.75 Å².